The summed E-state index contributed by atoms with van der Waals surface area (Å²) >= 11 is 0. The van der Waals surface area contributed by atoms with E-state index in [1.807, 2.05) is 14.1 Å². The molecule has 0 aliphatic rings. The Morgan fingerprint density at radius 3 is 1.88 bits per heavy atom. The predicted molar refractivity (Wildman–Crippen MR) is 32.8 cm³/mol. The molecule has 0 saturated heterocycles. The minimum Gasteiger partial charge on any atom is -0.478 e. The van der Waals surface area contributed by atoms with Crippen molar-refractivity contribution in [2.75, 3.05) is 14.1 Å². The average molecular weight is 117 g/mol. The second-order valence-corrected chi connectivity index (χ2v) is 1.04. The van der Waals surface area contributed by atoms with E-state index in [1.165, 1.54) is 0 Å². The Morgan fingerprint density at radius 2 is 1.88 bits per heavy atom. The van der Waals surface area contributed by atoms with Crippen molar-refractivity contribution in [1.29, 1.82) is 0 Å². The molecular formula is C5H11NO2. The number of carboxylic acids is 1. The van der Waals surface area contributed by atoms with Gasteiger partial charge in [0.2, 0.25) is 0 Å². The van der Waals surface area contributed by atoms with E-state index in [2.05, 4.69) is 11.9 Å². The van der Waals surface area contributed by atoms with Crippen LogP contribution in [-0.2, 0) is 4.79 Å². The van der Waals surface area contributed by atoms with Gasteiger partial charge in [0.05, 0.1) is 0 Å². The molecule has 0 aliphatic heterocycles. The molecule has 0 aliphatic carbocycles. The van der Waals surface area contributed by atoms with Gasteiger partial charge >= 0.3 is 5.97 Å². The van der Waals surface area contributed by atoms with Gasteiger partial charge < -0.3 is 10.4 Å². The Morgan fingerprint density at radius 1 is 1.75 bits per heavy atom. The van der Waals surface area contributed by atoms with E-state index in [9.17, 15) is 4.79 Å². The van der Waals surface area contributed by atoms with Crippen molar-refractivity contribution in [3.63, 3.8) is 0 Å². The second-order valence-electron chi connectivity index (χ2n) is 1.04. The molecule has 0 heterocycles. The Kier molecular flexibility index (Phi) is 12.1. The number of carboxylic acid groups (broad SMARTS) is 1. The molecule has 0 fully saturated rings. The highest BCUT2D eigenvalue weighted by Crippen LogP contribution is 1.54. The molecule has 0 unspecified atom stereocenters. The minimum absolute atomic E-state index is 0.833. The number of hydrogen-bond donors (Lipinski definition) is 2. The van der Waals surface area contributed by atoms with E-state index in [0.29, 0.717) is 0 Å². The standard InChI is InChI=1S/C3H4O2.C2H7N/c1-2-3(4)5;1-3-2/h2H,1H2,(H,4,5);3H,1-2H3. The van der Waals surface area contributed by atoms with Crippen LogP contribution in [0.1, 0.15) is 0 Å². The SMILES string of the molecule is C=CC(=O)O.CNC. The first kappa shape index (κ1) is 10.2. The van der Waals surface area contributed by atoms with Gasteiger partial charge in [0, 0.05) is 6.08 Å². The van der Waals surface area contributed by atoms with Crippen LogP contribution in [0.3, 0.4) is 0 Å². The van der Waals surface area contributed by atoms with Crippen LogP contribution in [-0.4, -0.2) is 25.2 Å². The molecule has 0 amide bonds. The van der Waals surface area contributed by atoms with Gasteiger partial charge in [-0.05, 0) is 14.1 Å². The first-order valence-corrected chi connectivity index (χ1v) is 2.12. The molecule has 0 saturated carbocycles. The van der Waals surface area contributed by atoms with E-state index >= 15 is 0 Å². The van der Waals surface area contributed by atoms with Crippen molar-refractivity contribution in [1.82, 2.24) is 5.32 Å². The lowest BCUT2D eigenvalue weighted by Crippen LogP contribution is -1.89. The fourth-order valence-corrected chi connectivity index (χ4v) is 0. The molecular weight excluding hydrogens is 106 g/mol. The number of nitrogens with one attached hydrogen (secondary N) is 1. The molecule has 3 nitrogen and oxygen atoms in total. The van der Waals surface area contributed by atoms with Crippen molar-refractivity contribution in [2.24, 2.45) is 0 Å². The van der Waals surface area contributed by atoms with E-state index in [1.54, 1.807) is 0 Å². The monoisotopic (exact) mass is 117 g/mol. The molecule has 2 N–H and O–H groups in total. The van der Waals surface area contributed by atoms with Crippen LogP contribution in [0.2, 0.25) is 0 Å². The summed E-state index contributed by atoms with van der Waals surface area (Å²) in [6.45, 7) is 2.96. The molecule has 48 valence electrons. The van der Waals surface area contributed by atoms with Gasteiger partial charge in [-0.25, -0.2) is 4.79 Å². The largest absolute Gasteiger partial charge is 0.478 e. The van der Waals surface area contributed by atoms with Crippen molar-refractivity contribution in [3.8, 4) is 0 Å². The van der Waals surface area contributed by atoms with Crippen LogP contribution < -0.4 is 5.32 Å². The minimum atomic E-state index is -0.981. The van der Waals surface area contributed by atoms with Gasteiger partial charge in [-0.3, -0.25) is 0 Å². The molecule has 0 bridgehead atoms. The molecule has 0 aromatic rings. The lowest BCUT2D eigenvalue weighted by Gasteiger charge is -1.64. The van der Waals surface area contributed by atoms with E-state index in [0.717, 1.165) is 6.08 Å². The van der Waals surface area contributed by atoms with Gasteiger partial charge in [0.25, 0.3) is 0 Å². The maximum atomic E-state index is 9.25. The van der Waals surface area contributed by atoms with Crippen molar-refractivity contribution < 1.29 is 9.90 Å². The lowest BCUT2D eigenvalue weighted by molar-refractivity contribution is -0.131. The highest BCUT2D eigenvalue weighted by molar-refractivity contribution is 5.78. The third kappa shape index (κ3) is 65.7. The quantitative estimate of drug-likeness (QED) is 0.479. The van der Waals surface area contributed by atoms with Crippen LogP contribution in [0.15, 0.2) is 12.7 Å². The Bertz CT molecular complexity index is 70.8. The molecule has 0 aromatic carbocycles. The summed E-state index contributed by atoms with van der Waals surface area (Å²) in [5, 5.41) is 10.4. The van der Waals surface area contributed by atoms with Crippen LogP contribution >= 0.6 is 0 Å². The summed E-state index contributed by atoms with van der Waals surface area (Å²) < 4.78 is 0. The summed E-state index contributed by atoms with van der Waals surface area (Å²) in [5.74, 6) is -0.981. The zero-order valence-corrected chi connectivity index (χ0v) is 5.14. The van der Waals surface area contributed by atoms with Gasteiger partial charge in [0.1, 0.15) is 0 Å². The number of rotatable bonds is 1. The smallest absolute Gasteiger partial charge is 0.327 e. The third-order valence-electron chi connectivity index (χ3n) is 0.175. The average Bonchev–Trinajstić information content (AvgIpc) is 1.69. The van der Waals surface area contributed by atoms with Crippen LogP contribution in [0, 0.1) is 0 Å². The van der Waals surface area contributed by atoms with Gasteiger partial charge in [-0.1, -0.05) is 6.58 Å². The van der Waals surface area contributed by atoms with Crippen molar-refractivity contribution in [2.45, 2.75) is 0 Å². The first-order chi connectivity index (χ1) is 3.68. The Balaban J connectivity index is 0. The zero-order valence-electron chi connectivity index (χ0n) is 5.14. The molecule has 3 heteroatoms. The molecule has 0 spiro atoms. The van der Waals surface area contributed by atoms with Gasteiger partial charge in [0.15, 0.2) is 0 Å². The molecule has 0 aromatic heterocycles. The number of carbonyl (C=O) groups is 1. The van der Waals surface area contributed by atoms with Crippen LogP contribution in [0.5, 0.6) is 0 Å². The van der Waals surface area contributed by atoms with E-state index < -0.39 is 5.97 Å². The third-order valence-corrected chi connectivity index (χ3v) is 0.175. The first-order valence-electron chi connectivity index (χ1n) is 2.12. The second kappa shape index (κ2) is 9.48. The fraction of sp³-hybridized carbons (Fsp3) is 0.400. The highest BCUT2D eigenvalue weighted by atomic mass is 16.4. The fourth-order valence-electron chi connectivity index (χ4n) is 0. The summed E-state index contributed by atoms with van der Waals surface area (Å²) in [6.07, 6.45) is 0.833. The summed E-state index contributed by atoms with van der Waals surface area (Å²) in [6, 6.07) is 0. The van der Waals surface area contributed by atoms with Gasteiger partial charge in [-0.2, -0.15) is 0 Å². The maximum absolute atomic E-state index is 9.25. The number of aliphatic carboxylic acids is 1. The highest BCUT2D eigenvalue weighted by Gasteiger charge is 1.73. The Labute approximate surface area is 49.0 Å². The van der Waals surface area contributed by atoms with E-state index in [4.69, 9.17) is 5.11 Å². The van der Waals surface area contributed by atoms with Crippen molar-refractivity contribution in [3.05, 3.63) is 12.7 Å². The topological polar surface area (TPSA) is 49.3 Å². The lowest BCUT2D eigenvalue weighted by atomic mass is 10.7. The van der Waals surface area contributed by atoms with Crippen LogP contribution in [0.4, 0.5) is 0 Å². The van der Waals surface area contributed by atoms with Crippen LogP contribution in [0.25, 0.3) is 0 Å². The molecule has 0 radical (unpaired) electrons. The summed E-state index contributed by atoms with van der Waals surface area (Å²) in [5.41, 5.74) is 0. The Hall–Kier alpha value is -0.830. The molecule has 8 heavy (non-hydrogen) atoms. The normalized spacial score (nSPS) is 6.25. The summed E-state index contributed by atoms with van der Waals surface area (Å²) in [4.78, 5) is 9.25. The van der Waals surface area contributed by atoms with Crippen molar-refractivity contribution >= 4 is 5.97 Å². The predicted octanol–water partition coefficient (Wildman–Crippen LogP) is 0.0926. The zero-order chi connectivity index (χ0) is 6.99. The maximum Gasteiger partial charge on any atom is 0.327 e. The molecule has 0 atom stereocenters. The van der Waals surface area contributed by atoms with E-state index in [-0.39, 0.29) is 0 Å². The molecule has 0 rings (SSSR count). The summed E-state index contributed by atoms with van der Waals surface area (Å²) in [7, 11) is 3.75. The number of hydrogen-bond acceptors (Lipinski definition) is 2. The van der Waals surface area contributed by atoms with Gasteiger partial charge in [-0.15, -0.1) is 0 Å².